The first-order valence-corrected chi connectivity index (χ1v) is 10.0. The zero-order valence-electron chi connectivity index (χ0n) is 16.8. The highest BCUT2D eigenvalue weighted by Gasteiger charge is 2.33. The summed E-state index contributed by atoms with van der Waals surface area (Å²) in [4.78, 5) is 13.5. The van der Waals surface area contributed by atoms with Crippen molar-refractivity contribution in [1.82, 2.24) is 15.0 Å². The summed E-state index contributed by atoms with van der Waals surface area (Å²) in [7, 11) is 1.46. The van der Waals surface area contributed by atoms with E-state index >= 15 is 0 Å². The van der Waals surface area contributed by atoms with Crippen molar-refractivity contribution in [3.8, 4) is 6.01 Å². The van der Waals surface area contributed by atoms with E-state index in [0.717, 1.165) is 23.1 Å². The molecule has 0 amide bonds. The Kier molecular flexibility index (Phi) is 4.67. The number of rotatable bonds is 3. The quantitative estimate of drug-likeness (QED) is 0.706. The Morgan fingerprint density at radius 1 is 1.06 bits per heavy atom. The minimum absolute atomic E-state index is 0.0850. The van der Waals surface area contributed by atoms with Crippen molar-refractivity contribution in [3.63, 3.8) is 0 Å². The van der Waals surface area contributed by atoms with E-state index in [0.29, 0.717) is 5.82 Å². The molecular formula is C24H21N3O4. The summed E-state index contributed by atoms with van der Waals surface area (Å²) in [6.45, 7) is 0. The average Bonchev–Trinajstić information content (AvgIpc) is 2.76. The fraction of sp³-hybridized carbons (Fsp3) is 0.208. The van der Waals surface area contributed by atoms with E-state index in [2.05, 4.69) is 33.2 Å². The second-order valence-corrected chi connectivity index (χ2v) is 7.68. The topological polar surface area (TPSA) is 109 Å². The van der Waals surface area contributed by atoms with Crippen LogP contribution < -0.4 is 4.74 Å². The van der Waals surface area contributed by atoms with Gasteiger partial charge < -0.3 is 20.1 Å². The molecule has 3 N–H and O–H groups in total. The van der Waals surface area contributed by atoms with Gasteiger partial charge in [0.05, 0.1) is 13.2 Å². The average molecular weight is 415 g/mol. The molecule has 0 saturated heterocycles. The van der Waals surface area contributed by atoms with Gasteiger partial charge in [-0.3, -0.25) is 0 Å². The number of benzene rings is 1. The van der Waals surface area contributed by atoms with Crippen LogP contribution in [0.15, 0.2) is 77.8 Å². The van der Waals surface area contributed by atoms with Gasteiger partial charge in [0.2, 0.25) is 0 Å². The summed E-state index contributed by atoms with van der Waals surface area (Å²) in [5.74, 6) is -0.604. The minimum Gasteiger partial charge on any atom is -0.511 e. The van der Waals surface area contributed by atoms with Crippen LogP contribution in [-0.2, 0) is 6.42 Å². The van der Waals surface area contributed by atoms with Crippen molar-refractivity contribution in [2.45, 2.75) is 18.4 Å². The summed E-state index contributed by atoms with van der Waals surface area (Å²) in [6, 6.07) is 8.23. The molecule has 3 aliphatic rings. The number of allylic oxidation sites excluding steroid dienone is 6. The smallest absolute Gasteiger partial charge is 0.319 e. The second kappa shape index (κ2) is 7.52. The van der Waals surface area contributed by atoms with Gasteiger partial charge in [-0.15, -0.1) is 0 Å². The predicted octanol–water partition coefficient (Wildman–Crippen LogP) is 3.32. The second-order valence-electron chi connectivity index (χ2n) is 7.68. The van der Waals surface area contributed by atoms with Crippen molar-refractivity contribution in [2.75, 3.05) is 7.11 Å². The SMILES string of the molecule is COc1nc(C2=C3C=CC=CC3Cc3ccccc32)nc(C2C(O)=CC(O)=CC2O)n1. The lowest BCUT2D eigenvalue weighted by Gasteiger charge is -2.29. The molecule has 0 radical (unpaired) electrons. The Hall–Kier alpha value is -3.71. The van der Waals surface area contributed by atoms with Crippen molar-refractivity contribution >= 4 is 5.57 Å². The molecule has 31 heavy (non-hydrogen) atoms. The maximum absolute atomic E-state index is 10.5. The summed E-state index contributed by atoms with van der Waals surface area (Å²) in [5.41, 5.74) is 4.21. The normalized spacial score (nSPS) is 24.3. The fourth-order valence-electron chi connectivity index (χ4n) is 4.35. The van der Waals surface area contributed by atoms with E-state index in [1.54, 1.807) is 0 Å². The van der Waals surface area contributed by atoms with Crippen LogP contribution in [0.1, 0.15) is 28.7 Å². The van der Waals surface area contributed by atoms with Crippen LogP contribution in [0, 0.1) is 5.92 Å². The minimum atomic E-state index is -1.19. The van der Waals surface area contributed by atoms with E-state index in [9.17, 15) is 15.3 Å². The Balaban J connectivity index is 1.71. The Morgan fingerprint density at radius 3 is 2.71 bits per heavy atom. The highest BCUT2D eigenvalue weighted by molar-refractivity contribution is 5.84. The molecule has 0 bridgehead atoms. The van der Waals surface area contributed by atoms with Crippen LogP contribution in [0.4, 0.5) is 0 Å². The molecule has 7 nitrogen and oxygen atoms in total. The molecule has 0 fully saturated rings. The third-order valence-electron chi connectivity index (χ3n) is 5.76. The molecule has 5 rings (SSSR count). The highest BCUT2D eigenvalue weighted by atomic mass is 16.5. The van der Waals surface area contributed by atoms with E-state index in [4.69, 9.17) is 4.74 Å². The molecule has 3 aliphatic carbocycles. The van der Waals surface area contributed by atoms with Crippen LogP contribution in [0.3, 0.4) is 0 Å². The van der Waals surface area contributed by atoms with Gasteiger partial charge in [-0.05, 0) is 29.2 Å². The molecule has 0 aliphatic heterocycles. The van der Waals surface area contributed by atoms with Gasteiger partial charge in [-0.2, -0.15) is 9.97 Å². The Morgan fingerprint density at radius 2 is 1.90 bits per heavy atom. The van der Waals surface area contributed by atoms with Crippen LogP contribution in [0.5, 0.6) is 6.01 Å². The predicted molar refractivity (Wildman–Crippen MR) is 114 cm³/mol. The molecule has 156 valence electrons. The van der Waals surface area contributed by atoms with Crippen molar-refractivity contribution < 1.29 is 20.1 Å². The lowest BCUT2D eigenvalue weighted by Crippen LogP contribution is -2.25. The van der Waals surface area contributed by atoms with Crippen molar-refractivity contribution in [1.29, 1.82) is 0 Å². The summed E-state index contributed by atoms with van der Waals surface area (Å²) < 4.78 is 5.33. The monoisotopic (exact) mass is 415 g/mol. The number of aliphatic hydroxyl groups excluding tert-OH is 3. The number of fused-ring (bicyclic) bond motifs is 2. The van der Waals surface area contributed by atoms with Crippen LogP contribution in [-0.4, -0.2) is 43.5 Å². The first-order chi connectivity index (χ1) is 15.0. The zero-order valence-corrected chi connectivity index (χ0v) is 16.8. The van der Waals surface area contributed by atoms with Gasteiger partial charge in [0, 0.05) is 17.6 Å². The number of hydrogen-bond acceptors (Lipinski definition) is 7. The molecule has 3 unspecified atom stereocenters. The molecule has 0 spiro atoms. The Labute approximate surface area is 179 Å². The van der Waals surface area contributed by atoms with Crippen LogP contribution >= 0.6 is 0 Å². The largest absolute Gasteiger partial charge is 0.511 e. The number of aliphatic hydroxyl groups is 3. The maximum Gasteiger partial charge on any atom is 0.319 e. The third kappa shape index (κ3) is 3.33. The molecule has 0 saturated carbocycles. The lowest BCUT2D eigenvalue weighted by atomic mass is 9.76. The van der Waals surface area contributed by atoms with Gasteiger partial charge in [0.15, 0.2) is 5.82 Å². The number of nitrogens with zero attached hydrogens (tertiary/aromatic N) is 3. The Bertz CT molecular complexity index is 1210. The van der Waals surface area contributed by atoms with E-state index in [-0.39, 0.29) is 29.3 Å². The standard InChI is InChI=1S/C24H21N3O4/c1-31-24-26-22(25-23(27-24)21-18(29)11-15(28)12-19(21)30)20-16-8-4-2-6-13(16)10-14-7-3-5-9-17(14)20/h2-9,11-13,18,21,28-30H,10H2,1H3. The summed E-state index contributed by atoms with van der Waals surface area (Å²) >= 11 is 0. The molecule has 1 aromatic heterocycles. The first-order valence-electron chi connectivity index (χ1n) is 10.0. The molecule has 1 aromatic carbocycles. The summed E-state index contributed by atoms with van der Waals surface area (Å²) in [6.07, 6.45) is 10.4. The van der Waals surface area contributed by atoms with E-state index in [1.165, 1.54) is 24.8 Å². The molecule has 7 heteroatoms. The van der Waals surface area contributed by atoms with Gasteiger partial charge in [-0.1, -0.05) is 48.6 Å². The molecule has 1 heterocycles. The van der Waals surface area contributed by atoms with Gasteiger partial charge in [0.1, 0.15) is 23.3 Å². The van der Waals surface area contributed by atoms with E-state index in [1.807, 2.05) is 30.4 Å². The molecule has 2 aromatic rings. The van der Waals surface area contributed by atoms with Gasteiger partial charge >= 0.3 is 6.01 Å². The first kappa shape index (κ1) is 19.3. The maximum atomic E-state index is 10.5. The third-order valence-corrected chi connectivity index (χ3v) is 5.76. The van der Waals surface area contributed by atoms with Crippen molar-refractivity contribution in [3.05, 3.63) is 101 Å². The fourth-order valence-corrected chi connectivity index (χ4v) is 4.35. The number of methoxy groups -OCH3 is 1. The molecular weight excluding hydrogens is 394 g/mol. The van der Waals surface area contributed by atoms with Crippen LogP contribution in [0.25, 0.3) is 5.57 Å². The number of aromatic nitrogens is 3. The highest BCUT2D eigenvalue weighted by Crippen LogP contribution is 2.41. The van der Waals surface area contributed by atoms with Crippen LogP contribution in [0.2, 0.25) is 0 Å². The zero-order chi connectivity index (χ0) is 21.5. The van der Waals surface area contributed by atoms with Gasteiger partial charge in [0.25, 0.3) is 0 Å². The summed E-state index contributed by atoms with van der Waals surface area (Å²) in [5, 5.41) is 30.5. The number of ether oxygens (including phenoxy) is 1. The molecule has 3 atom stereocenters. The lowest BCUT2D eigenvalue weighted by molar-refractivity contribution is 0.163. The number of hydrogen-bond donors (Lipinski definition) is 3. The van der Waals surface area contributed by atoms with E-state index < -0.39 is 12.0 Å². The van der Waals surface area contributed by atoms with Gasteiger partial charge in [-0.25, -0.2) is 4.98 Å². The van der Waals surface area contributed by atoms with Crippen molar-refractivity contribution in [2.24, 2.45) is 5.92 Å².